The predicted molar refractivity (Wildman–Crippen MR) is 62.5 cm³/mol. The molecule has 0 saturated carbocycles. The van der Waals surface area contributed by atoms with E-state index in [0.29, 0.717) is 0 Å². The number of nitrogens with zero attached hydrogens (tertiary/aromatic N) is 1. The van der Waals surface area contributed by atoms with Crippen molar-refractivity contribution in [1.29, 1.82) is 0 Å². The van der Waals surface area contributed by atoms with Crippen LogP contribution >= 0.6 is 0 Å². The van der Waals surface area contributed by atoms with Crippen LogP contribution in [-0.2, 0) is 6.42 Å². The van der Waals surface area contributed by atoms with Crippen LogP contribution in [0.5, 0.6) is 0 Å². The van der Waals surface area contributed by atoms with Gasteiger partial charge in [0.2, 0.25) is 0 Å². The third kappa shape index (κ3) is 0.809. The molecule has 0 unspecified atom stereocenters. The third-order valence-corrected chi connectivity index (χ3v) is 3.30. The van der Waals surface area contributed by atoms with Gasteiger partial charge in [-0.1, -0.05) is 24.3 Å². The Bertz CT molecular complexity index is 648. The van der Waals surface area contributed by atoms with Gasteiger partial charge in [-0.2, -0.15) is 0 Å². The highest BCUT2D eigenvalue weighted by Gasteiger charge is 2.19. The largest absolute Gasteiger partial charge is 0.256 e. The lowest BCUT2D eigenvalue weighted by atomic mass is 9.90. The van der Waals surface area contributed by atoms with Crippen molar-refractivity contribution < 1.29 is 0 Å². The van der Waals surface area contributed by atoms with Gasteiger partial charge >= 0.3 is 0 Å². The van der Waals surface area contributed by atoms with Crippen molar-refractivity contribution in [1.82, 2.24) is 4.98 Å². The van der Waals surface area contributed by atoms with Gasteiger partial charge in [-0.3, -0.25) is 4.98 Å². The maximum absolute atomic E-state index is 4.43. The molecule has 1 aromatic heterocycles. The van der Waals surface area contributed by atoms with E-state index in [9.17, 15) is 0 Å². The van der Waals surface area contributed by atoms with Crippen LogP contribution in [0.15, 0.2) is 36.5 Å². The Kier molecular flexibility index (Phi) is 1.17. The monoisotopic (exact) mass is 191 g/mol. The maximum atomic E-state index is 4.43. The molecular formula is C14H9N. The van der Waals surface area contributed by atoms with Gasteiger partial charge in [-0.25, -0.2) is 0 Å². The van der Waals surface area contributed by atoms with Crippen LogP contribution in [0.25, 0.3) is 22.6 Å². The van der Waals surface area contributed by atoms with Gasteiger partial charge in [0.15, 0.2) is 0 Å². The molecule has 0 radical (unpaired) electrons. The Morgan fingerprint density at radius 2 is 2.07 bits per heavy atom. The first-order valence-corrected chi connectivity index (χ1v) is 5.23. The molecule has 0 aliphatic heterocycles. The second kappa shape index (κ2) is 2.37. The molecule has 1 heteroatoms. The summed E-state index contributed by atoms with van der Waals surface area (Å²) < 4.78 is 0. The molecule has 0 fully saturated rings. The van der Waals surface area contributed by atoms with Gasteiger partial charge in [0.05, 0.1) is 5.52 Å². The number of hydrogen-bond donors (Lipinski definition) is 0. The SMILES string of the molecule is C1=Cc2ccc3nccc4c3c2C1=CC4. The predicted octanol–water partition coefficient (Wildman–Crippen LogP) is 3.20. The smallest absolute Gasteiger partial charge is 0.0711 e. The van der Waals surface area contributed by atoms with Crippen LogP contribution in [-0.4, -0.2) is 4.98 Å². The average molecular weight is 191 g/mol. The number of rotatable bonds is 0. The molecule has 4 rings (SSSR count). The van der Waals surface area contributed by atoms with E-state index in [2.05, 4.69) is 41.4 Å². The highest BCUT2D eigenvalue weighted by Crippen LogP contribution is 2.39. The summed E-state index contributed by atoms with van der Waals surface area (Å²) in [6, 6.07) is 6.42. The van der Waals surface area contributed by atoms with E-state index in [0.717, 1.165) is 11.9 Å². The van der Waals surface area contributed by atoms with Crippen molar-refractivity contribution in [3.63, 3.8) is 0 Å². The van der Waals surface area contributed by atoms with Crippen LogP contribution in [0.4, 0.5) is 0 Å². The molecule has 2 aliphatic rings. The van der Waals surface area contributed by atoms with Crippen molar-refractivity contribution in [2.45, 2.75) is 6.42 Å². The maximum Gasteiger partial charge on any atom is 0.0711 e. The molecule has 15 heavy (non-hydrogen) atoms. The van der Waals surface area contributed by atoms with Crippen molar-refractivity contribution in [2.24, 2.45) is 0 Å². The molecule has 1 nitrogen and oxygen atoms in total. The minimum atomic E-state index is 1.04. The van der Waals surface area contributed by atoms with E-state index in [4.69, 9.17) is 0 Å². The minimum absolute atomic E-state index is 1.04. The van der Waals surface area contributed by atoms with E-state index in [1.54, 1.807) is 0 Å². The van der Waals surface area contributed by atoms with Crippen molar-refractivity contribution in [2.75, 3.05) is 0 Å². The van der Waals surface area contributed by atoms with Crippen LogP contribution in [0.3, 0.4) is 0 Å². The zero-order valence-electron chi connectivity index (χ0n) is 8.20. The summed E-state index contributed by atoms with van der Waals surface area (Å²) in [6.45, 7) is 0. The number of hydrogen-bond acceptors (Lipinski definition) is 1. The molecule has 0 bridgehead atoms. The Morgan fingerprint density at radius 1 is 1.07 bits per heavy atom. The quantitative estimate of drug-likeness (QED) is 0.623. The molecule has 2 aliphatic carbocycles. The number of pyridine rings is 1. The lowest BCUT2D eigenvalue weighted by Gasteiger charge is -2.15. The first-order chi connectivity index (χ1) is 7.43. The summed E-state index contributed by atoms with van der Waals surface area (Å²) in [4.78, 5) is 4.43. The average Bonchev–Trinajstić information content (AvgIpc) is 2.71. The van der Waals surface area contributed by atoms with Crippen LogP contribution < -0.4 is 0 Å². The molecule has 0 saturated heterocycles. The topological polar surface area (TPSA) is 12.9 Å². The standard InChI is InChI=1S/C14H9N/c1-2-10-5-6-12-14-11(7-8-15-12)4-3-9(1)13(10)14/h1-3,5-8H,4H2. The lowest BCUT2D eigenvalue weighted by molar-refractivity contribution is 1.25. The van der Waals surface area contributed by atoms with Gasteiger partial charge in [0, 0.05) is 11.6 Å². The summed E-state index contributed by atoms with van der Waals surface area (Å²) in [5.74, 6) is 0. The van der Waals surface area contributed by atoms with E-state index >= 15 is 0 Å². The molecule has 0 spiro atoms. The first-order valence-electron chi connectivity index (χ1n) is 5.23. The summed E-state index contributed by atoms with van der Waals surface area (Å²) in [5, 5.41) is 1.36. The van der Waals surface area contributed by atoms with Gasteiger partial charge in [0.25, 0.3) is 0 Å². The highest BCUT2D eigenvalue weighted by molar-refractivity contribution is 6.05. The highest BCUT2D eigenvalue weighted by atomic mass is 14.6. The van der Waals surface area contributed by atoms with Crippen molar-refractivity contribution >= 4 is 22.6 Å². The molecule has 1 aromatic carbocycles. The Hall–Kier alpha value is -1.89. The Morgan fingerprint density at radius 3 is 3.07 bits per heavy atom. The lowest BCUT2D eigenvalue weighted by Crippen LogP contribution is -1.97. The van der Waals surface area contributed by atoms with E-state index < -0.39 is 0 Å². The van der Waals surface area contributed by atoms with E-state index in [-0.39, 0.29) is 0 Å². The molecule has 2 aromatic rings. The minimum Gasteiger partial charge on any atom is -0.256 e. The van der Waals surface area contributed by atoms with Crippen LogP contribution in [0.2, 0.25) is 0 Å². The fourth-order valence-electron chi connectivity index (χ4n) is 2.60. The summed E-state index contributed by atoms with van der Waals surface area (Å²) in [5.41, 5.74) is 6.63. The van der Waals surface area contributed by atoms with Crippen LogP contribution in [0.1, 0.15) is 16.7 Å². The van der Waals surface area contributed by atoms with Gasteiger partial charge in [-0.05, 0) is 40.8 Å². The third-order valence-electron chi connectivity index (χ3n) is 3.30. The van der Waals surface area contributed by atoms with Crippen molar-refractivity contribution in [3.8, 4) is 0 Å². The zero-order valence-corrected chi connectivity index (χ0v) is 8.20. The van der Waals surface area contributed by atoms with E-state index in [1.807, 2.05) is 6.20 Å². The molecule has 1 heterocycles. The molecule has 0 N–H and O–H groups in total. The van der Waals surface area contributed by atoms with Crippen molar-refractivity contribution in [3.05, 3.63) is 53.2 Å². The second-order valence-electron chi connectivity index (χ2n) is 4.09. The first kappa shape index (κ1) is 7.41. The number of aromatic nitrogens is 1. The summed E-state index contributed by atoms with van der Waals surface area (Å²) in [7, 11) is 0. The van der Waals surface area contributed by atoms with Gasteiger partial charge < -0.3 is 0 Å². The molecule has 0 atom stereocenters. The fourth-order valence-corrected chi connectivity index (χ4v) is 2.60. The van der Waals surface area contributed by atoms with E-state index in [1.165, 1.54) is 27.6 Å². The van der Waals surface area contributed by atoms with Crippen LogP contribution in [0, 0.1) is 0 Å². The van der Waals surface area contributed by atoms with Gasteiger partial charge in [-0.15, -0.1) is 0 Å². The Balaban J connectivity index is 2.32. The van der Waals surface area contributed by atoms with Gasteiger partial charge in [0.1, 0.15) is 0 Å². The molecular weight excluding hydrogens is 182 g/mol. The second-order valence-corrected chi connectivity index (χ2v) is 4.09. The normalized spacial score (nSPS) is 15.9. The summed E-state index contributed by atoms with van der Waals surface area (Å²) in [6.07, 6.45) is 9.66. The Labute approximate surface area is 87.8 Å². The molecule has 70 valence electrons. The molecule has 0 amide bonds. The summed E-state index contributed by atoms with van der Waals surface area (Å²) >= 11 is 0. The fraction of sp³-hybridized carbons (Fsp3) is 0.0714. The number of allylic oxidation sites excluding steroid dienone is 3. The zero-order chi connectivity index (χ0) is 9.83. The number of benzene rings is 1.